The maximum atomic E-state index is 6.05. The van der Waals surface area contributed by atoms with E-state index in [0.29, 0.717) is 6.67 Å². The van der Waals surface area contributed by atoms with Crippen LogP contribution in [-0.4, -0.2) is 32.3 Å². The van der Waals surface area contributed by atoms with Crippen LogP contribution in [0, 0.1) is 6.92 Å². The van der Waals surface area contributed by atoms with Crippen molar-refractivity contribution in [1.82, 2.24) is 10.3 Å². The molecule has 0 aliphatic heterocycles. The molecule has 17 heavy (non-hydrogen) atoms. The Hall–Kier alpha value is -0.810. The van der Waals surface area contributed by atoms with Crippen molar-refractivity contribution in [3.63, 3.8) is 0 Å². The topological polar surface area (TPSA) is 50.5 Å². The summed E-state index contributed by atoms with van der Waals surface area (Å²) in [5.74, 6) is 6.19. The van der Waals surface area contributed by atoms with Gasteiger partial charge in [0.2, 0.25) is 0 Å². The molecule has 0 heterocycles. The Morgan fingerprint density at radius 3 is 2.76 bits per heavy atom. The molecule has 0 unspecified atom stereocenters. The molecule has 0 bridgehead atoms. The molecule has 0 spiro atoms. The number of nitrogens with zero attached hydrogens (tertiary/aromatic N) is 1. The monoisotopic (exact) mass is 257 g/mol. The number of hydrazine groups is 1. The fourth-order valence-electron chi connectivity index (χ4n) is 1.82. The van der Waals surface area contributed by atoms with Gasteiger partial charge in [-0.15, -0.1) is 0 Å². The average Bonchev–Trinajstić information content (AvgIpc) is 2.26. The van der Waals surface area contributed by atoms with Crippen molar-refractivity contribution >= 4 is 11.6 Å². The van der Waals surface area contributed by atoms with E-state index in [1.54, 1.807) is 7.11 Å². The standard InChI is InChI=1S/C12H20ClN3O/c1-9-6-11(13)7-10(12(9)17-3)4-5-16(2)8-15-14/h6-7,15H,4-5,8,14H2,1-3H3. The van der Waals surface area contributed by atoms with Crippen LogP contribution in [0.25, 0.3) is 0 Å². The van der Waals surface area contributed by atoms with Crippen molar-refractivity contribution < 1.29 is 4.74 Å². The summed E-state index contributed by atoms with van der Waals surface area (Å²) in [5, 5.41) is 0.748. The number of hydrogen-bond acceptors (Lipinski definition) is 4. The quantitative estimate of drug-likeness (QED) is 0.461. The van der Waals surface area contributed by atoms with Crippen molar-refractivity contribution in [2.45, 2.75) is 13.3 Å². The zero-order valence-electron chi connectivity index (χ0n) is 10.6. The number of nitrogens with one attached hydrogen (secondary N) is 1. The summed E-state index contributed by atoms with van der Waals surface area (Å²) in [6.45, 7) is 3.54. The first-order valence-electron chi connectivity index (χ1n) is 5.53. The van der Waals surface area contributed by atoms with Crippen molar-refractivity contribution in [2.75, 3.05) is 27.4 Å². The fraction of sp³-hybridized carbons (Fsp3) is 0.500. The van der Waals surface area contributed by atoms with Gasteiger partial charge in [0, 0.05) is 11.6 Å². The molecule has 1 aromatic carbocycles. The van der Waals surface area contributed by atoms with Crippen LogP contribution in [-0.2, 0) is 6.42 Å². The lowest BCUT2D eigenvalue weighted by Gasteiger charge is -2.17. The predicted molar refractivity (Wildman–Crippen MR) is 71.3 cm³/mol. The van der Waals surface area contributed by atoms with Crippen LogP contribution in [0.4, 0.5) is 0 Å². The van der Waals surface area contributed by atoms with Crippen molar-refractivity contribution in [2.24, 2.45) is 5.84 Å². The van der Waals surface area contributed by atoms with Gasteiger partial charge in [0.15, 0.2) is 0 Å². The molecule has 0 saturated carbocycles. The summed E-state index contributed by atoms with van der Waals surface area (Å²) in [4.78, 5) is 2.09. The first-order valence-corrected chi connectivity index (χ1v) is 5.91. The minimum absolute atomic E-state index is 0.655. The number of hydrogen-bond donors (Lipinski definition) is 2. The van der Waals surface area contributed by atoms with Gasteiger partial charge in [-0.3, -0.25) is 10.7 Å². The Balaban J connectivity index is 2.75. The summed E-state index contributed by atoms with van der Waals surface area (Å²) in [5.41, 5.74) is 4.81. The van der Waals surface area contributed by atoms with E-state index in [-0.39, 0.29) is 0 Å². The SMILES string of the molecule is COc1c(C)cc(Cl)cc1CCN(C)CNN. The van der Waals surface area contributed by atoms with E-state index in [2.05, 4.69) is 10.3 Å². The lowest BCUT2D eigenvalue weighted by Crippen LogP contribution is -2.36. The summed E-state index contributed by atoms with van der Waals surface area (Å²) >= 11 is 6.05. The van der Waals surface area contributed by atoms with E-state index in [4.69, 9.17) is 22.2 Å². The van der Waals surface area contributed by atoms with Crippen molar-refractivity contribution in [3.8, 4) is 5.75 Å². The average molecular weight is 258 g/mol. The lowest BCUT2D eigenvalue weighted by atomic mass is 10.1. The van der Waals surface area contributed by atoms with Gasteiger partial charge in [-0.1, -0.05) is 11.6 Å². The molecule has 0 atom stereocenters. The minimum Gasteiger partial charge on any atom is -0.496 e. The van der Waals surface area contributed by atoms with Crippen LogP contribution in [0.3, 0.4) is 0 Å². The first-order chi connectivity index (χ1) is 8.08. The van der Waals surface area contributed by atoms with E-state index in [1.807, 2.05) is 26.1 Å². The van der Waals surface area contributed by atoms with E-state index < -0.39 is 0 Å². The van der Waals surface area contributed by atoms with Crippen LogP contribution >= 0.6 is 11.6 Å². The van der Waals surface area contributed by atoms with Gasteiger partial charge in [-0.25, -0.2) is 5.43 Å². The Bertz CT molecular complexity index is 371. The molecule has 0 radical (unpaired) electrons. The van der Waals surface area contributed by atoms with Gasteiger partial charge in [-0.2, -0.15) is 0 Å². The highest BCUT2D eigenvalue weighted by atomic mass is 35.5. The molecule has 96 valence electrons. The summed E-state index contributed by atoms with van der Waals surface area (Å²) in [7, 11) is 3.69. The molecule has 0 aliphatic carbocycles. The Morgan fingerprint density at radius 2 is 2.18 bits per heavy atom. The number of benzene rings is 1. The number of likely N-dealkylation sites (N-methyl/N-ethyl adjacent to an activating group) is 1. The summed E-state index contributed by atoms with van der Waals surface area (Å²) in [6, 6.07) is 3.87. The fourth-order valence-corrected chi connectivity index (χ4v) is 2.12. The molecule has 0 aliphatic rings. The first kappa shape index (κ1) is 14.3. The number of methoxy groups -OCH3 is 1. The van der Waals surface area contributed by atoms with Gasteiger partial charge in [0.25, 0.3) is 0 Å². The third-order valence-electron chi connectivity index (χ3n) is 2.64. The van der Waals surface area contributed by atoms with Crippen LogP contribution in [0.2, 0.25) is 5.02 Å². The van der Waals surface area contributed by atoms with Crippen LogP contribution in [0.5, 0.6) is 5.75 Å². The van der Waals surface area contributed by atoms with E-state index in [9.17, 15) is 0 Å². The highest BCUT2D eigenvalue weighted by molar-refractivity contribution is 6.30. The van der Waals surface area contributed by atoms with E-state index >= 15 is 0 Å². The largest absolute Gasteiger partial charge is 0.496 e. The third-order valence-corrected chi connectivity index (χ3v) is 2.86. The predicted octanol–water partition coefficient (Wildman–Crippen LogP) is 1.55. The maximum absolute atomic E-state index is 6.05. The van der Waals surface area contributed by atoms with Crippen LogP contribution in [0.1, 0.15) is 11.1 Å². The van der Waals surface area contributed by atoms with Crippen molar-refractivity contribution in [3.05, 3.63) is 28.3 Å². The summed E-state index contributed by atoms with van der Waals surface area (Å²) in [6.07, 6.45) is 0.878. The highest BCUT2D eigenvalue weighted by Crippen LogP contribution is 2.27. The third kappa shape index (κ3) is 4.16. The lowest BCUT2D eigenvalue weighted by molar-refractivity contribution is 0.310. The van der Waals surface area contributed by atoms with Gasteiger partial charge in [0.05, 0.1) is 13.8 Å². The molecule has 1 aromatic rings. The number of ether oxygens (including phenoxy) is 1. The molecule has 0 aromatic heterocycles. The molecule has 5 heteroatoms. The van der Waals surface area contributed by atoms with Crippen molar-refractivity contribution in [1.29, 1.82) is 0 Å². The molecular weight excluding hydrogens is 238 g/mol. The highest BCUT2D eigenvalue weighted by Gasteiger charge is 2.09. The minimum atomic E-state index is 0.655. The van der Waals surface area contributed by atoms with Gasteiger partial charge in [-0.05, 0) is 43.7 Å². The van der Waals surface area contributed by atoms with Crippen LogP contribution < -0.4 is 16.0 Å². The van der Waals surface area contributed by atoms with Gasteiger partial charge in [0.1, 0.15) is 5.75 Å². The van der Waals surface area contributed by atoms with Gasteiger partial charge >= 0.3 is 0 Å². The molecule has 3 N–H and O–H groups in total. The van der Waals surface area contributed by atoms with E-state index in [1.165, 1.54) is 0 Å². The molecule has 4 nitrogen and oxygen atoms in total. The molecular formula is C12H20ClN3O. The van der Waals surface area contributed by atoms with Crippen LogP contribution in [0.15, 0.2) is 12.1 Å². The second-order valence-corrected chi connectivity index (χ2v) is 4.54. The van der Waals surface area contributed by atoms with E-state index in [0.717, 1.165) is 34.9 Å². The maximum Gasteiger partial charge on any atom is 0.125 e. The molecule has 1 rings (SSSR count). The number of nitrogens with two attached hydrogens (primary N) is 1. The zero-order chi connectivity index (χ0) is 12.8. The number of halogens is 1. The second kappa shape index (κ2) is 6.81. The Labute approximate surface area is 108 Å². The molecule has 0 saturated heterocycles. The molecule has 0 fully saturated rings. The smallest absolute Gasteiger partial charge is 0.125 e. The Kier molecular flexibility index (Phi) is 5.71. The number of rotatable bonds is 6. The summed E-state index contributed by atoms with van der Waals surface area (Å²) < 4.78 is 5.41. The van der Waals surface area contributed by atoms with Gasteiger partial charge < -0.3 is 4.74 Å². The number of aryl methyl sites for hydroxylation is 1. The zero-order valence-corrected chi connectivity index (χ0v) is 11.3. The second-order valence-electron chi connectivity index (χ2n) is 4.11. The normalized spacial score (nSPS) is 10.9. The molecule has 0 amide bonds. The Morgan fingerprint density at radius 1 is 1.47 bits per heavy atom.